The monoisotopic (exact) mass is 271 g/mol. The van der Waals surface area contributed by atoms with Crippen molar-refractivity contribution in [3.63, 3.8) is 0 Å². The van der Waals surface area contributed by atoms with Crippen LogP contribution in [0.1, 0.15) is 37.0 Å². The van der Waals surface area contributed by atoms with Crippen LogP contribution in [0.15, 0.2) is 30.3 Å². The second-order valence-corrected chi connectivity index (χ2v) is 4.81. The van der Waals surface area contributed by atoms with Gasteiger partial charge in [0.2, 0.25) is 0 Å². The van der Waals surface area contributed by atoms with Gasteiger partial charge in [-0.15, -0.1) is 0 Å². The average molecular weight is 271 g/mol. The van der Waals surface area contributed by atoms with E-state index in [0.717, 1.165) is 23.1 Å². The van der Waals surface area contributed by atoms with Crippen LogP contribution in [-0.4, -0.2) is 16.6 Å². The Kier molecular flexibility index (Phi) is 4.56. The summed E-state index contributed by atoms with van der Waals surface area (Å²) in [6, 6.07) is 10.2. The zero-order valence-electron chi connectivity index (χ0n) is 12.5. The maximum atomic E-state index is 5.53. The van der Waals surface area contributed by atoms with Crippen molar-refractivity contribution in [2.24, 2.45) is 0 Å². The minimum absolute atomic E-state index is 0.157. The standard InChI is InChI=1S/C16H21N3O/c1-5-20-15-8-6-7-14(10-15)12(3)18-16-9-11(2)17-13(4)19-16/h6-10,12H,5H2,1-4H3,(H,17,18,19). The highest BCUT2D eigenvalue weighted by atomic mass is 16.5. The molecule has 1 aromatic heterocycles. The lowest BCUT2D eigenvalue weighted by Gasteiger charge is -2.16. The van der Waals surface area contributed by atoms with Crippen molar-refractivity contribution < 1.29 is 4.74 Å². The van der Waals surface area contributed by atoms with Crippen LogP contribution in [0.3, 0.4) is 0 Å². The van der Waals surface area contributed by atoms with Gasteiger partial charge in [-0.3, -0.25) is 0 Å². The predicted octanol–water partition coefficient (Wildman–Crippen LogP) is 3.67. The molecule has 4 nitrogen and oxygen atoms in total. The Morgan fingerprint density at radius 1 is 1.20 bits per heavy atom. The first-order valence-corrected chi connectivity index (χ1v) is 6.90. The van der Waals surface area contributed by atoms with Crippen molar-refractivity contribution in [3.05, 3.63) is 47.4 Å². The molecule has 0 fully saturated rings. The molecule has 1 atom stereocenters. The molecule has 1 unspecified atom stereocenters. The van der Waals surface area contributed by atoms with Crippen LogP contribution in [0.25, 0.3) is 0 Å². The van der Waals surface area contributed by atoms with Gasteiger partial charge in [-0.05, 0) is 45.4 Å². The number of rotatable bonds is 5. The third-order valence-electron chi connectivity index (χ3n) is 3.00. The quantitative estimate of drug-likeness (QED) is 0.901. The van der Waals surface area contributed by atoms with Gasteiger partial charge >= 0.3 is 0 Å². The molecule has 20 heavy (non-hydrogen) atoms. The van der Waals surface area contributed by atoms with E-state index in [1.165, 1.54) is 5.56 Å². The number of aryl methyl sites for hydroxylation is 2. The van der Waals surface area contributed by atoms with Crippen molar-refractivity contribution in [1.82, 2.24) is 9.97 Å². The van der Waals surface area contributed by atoms with Crippen LogP contribution in [0.4, 0.5) is 5.82 Å². The molecule has 0 saturated heterocycles. The topological polar surface area (TPSA) is 47.0 Å². The van der Waals surface area contributed by atoms with Gasteiger partial charge in [-0.1, -0.05) is 12.1 Å². The number of nitrogens with zero attached hydrogens (tertiary/aromatic N) is 2. The van der Waals surface area contributed by atoms with Crippen LogP contribution in [0, 0.1) is 13.8 Å². The molecule has 2 aromatic rings. The maximum absolute atomic E-state index is 5.53. The van der Waals surface area contributed by atoms with Crippen LogP contribution >= 0.6 is 0 Å². The maximum Gasteiger partial charge on any atom is 0.130 e. The zero-order valence-corrected chi connectivity index (χ0v) is 12.5. The van der Waals surface area contributed by atoms with Crippen molar-refractivity contribution in [2.75, 3.05) is 11.9 Å². The smallest absolute Gasteiger partial charge is 0.130 e. The van der Waals surface area contributed by atoms with E-state index in [-0.39, 0.29) is 6.04 Å². The predicted molar refractivity (Wildman–Crippen MR) is 81.2 cm³/mol. The first-order chi connectivity index (χ1) is 9.58. The van der Waals surface area contributed by atoms with Crippen molar-refractivity contribution in [2.45, 2.75) is 33.7 Å². The summed E-state index contributed by atoms with van der Waals surface area (Å²) in [5.74, 6) is 2.53. The fourth-order valence-corrected chi connectivity index (χ4v) is 2.14. The lowest BCUT2D eigenvalue weighted by Crippen LogP contribution is -2.09. The summed E-state index contributed by atoms with van der Waals surface area (Å²) >= 11 is 0. The SMILES string of the molecule is CCOc1cccc(C(C)Nc2cc(C)nc(C)n2)c1. The van der Waals surface area contributed by atoms with Gasteiger partial charge in [0, 0.05) is 11.8 Å². The lowest BCUT2D eigenvalue weighted by molar-refractivity contribution is 0.340. The normalized spacial score (nSPS) is 12.0. The number of anilines is 1. The highest BCUT2D eigenvalue weighted by Crippen LogP contribution is 2.22. The number of hydrogen-bond donors (Lipinski definition) is 1. The average Bonchev–Trinajstić information content (AvgIpc) is 2.38. The van der Waals surface area contributed by atoms with E-state index in [4.69, 9.17) is 4.74 Å². The Morgan fingerprint density at radius 2 is 2.00 bits per heavy atom. The molecule has 0 aliphatic rings. The summed E-state index contributed by atoms with van der Waals surface area (Å²) in [4.78, 5) is 8.69. The summed E-state index contributed by atoms with van der Waals surface area (Å²) < 4.78 is 5.53. The molecule has 0 spiro atoms. The van der Waals surface area contributed by atoms with Gasteiger partial charge < -0.3 is 10.1 Å². The van der Waals surface area contributed by atoms with Gasteiger partial charge in [-0.25, -0.2) is 9.97 Å². The van der Waals surface area contributed by atoms with Crippen LogP contribution in [0.5, 0.6) is 5.75 Å². The van der Waals surface area contributed by atoms with Crippen LogP contribution in [-0.2, 0) is 0 Å². The zero-order chi connectivity index (χ0) is 14.5. The minimum Gasteiger partial charge on any atom is -0.494 e. The number of hydrogen-bond acceptors (Lipinski definition) is 4. The Hall–Kier alpha value is -2.10. The molecule has 1 N–H and O–H groups in total. The molecule has 0 saturated carbocycles. The third-order valence-corrected chi connectivity index (χ3v) is 3.00. The largest absolute Gasteiger partial charge is 0.494 e. The molecule has 0 aliphatic carbocycles. The summed E-state index contributed by atoms with van der Waals surface area (Å²) in [6.07, 6.45) is 0. The Labute approximate surface area is 120 Å². The first-order valence-electron chi connectivity index (χ1n) is 6.90. The molecular formula is C16H21N3O. The summed E-state index contributed by atoms with van der Waals surface area (Å²) in [5, 5.41) is 3.40. The molecular weight excluding hydrogens is 250 g/mol. The van der Waals surface area contributed by atoms with E-state index in [9.17, 15) is 0 Å². The van der Waals surface area contributed by atoms with Gasteiger partial charge in [-0.2, -0.15) is 0 Å². The van der Waals surface area contributed by atoms with Crippen molar-refractivity contribution >= 4 is 5.82 Å². The summed E-state index contributed by atoms with van der Waals surface area (Å²) in [6.45, 7) is 8.65. The Balaban J connectivity index is 2.14. The van der Waals surface area contributed by atoms with Gasteiger partial charge in [0.25, 0.3) is 0 Å². The molecule has 0 amide bonds. The lowest BCUT2D eigenvalue weighted by atomic mass is 10.1. The van der Waals surface area contributed by atoms with E-state index in [0.29, 0.717) is 6.61 Å². The molecule has 106 valence electrons. The highest BCUT2D eigenvalue weighted by molar-refractivity contribution is 5.40. The summed E-state index contributed by atoms with van der Waals surface area (Å²) in [5.41, 5.74) is 2.14. The summed E-state index contributed by atoms with van der Waals surface area (Å²) in [7, 11) is 0. The minimum atomic E-state index is 0.157. The second-order valence-electron chi connectivity index (χ2n) is 4.81. The molecule has 0 radical (unpaired) electrons. The molecule has 4 heteroatoms. The van der Waals surface area contributed by atoms with E-state index in [1.807, 2.05) is 39.0 Å². The molecule has 0 bridgehead atoms. The van der Waals surface area contributed by atoms with E-state index >= 15 is 0 Å². The number of aromatic nitrogens is 2. The van der Waals surface area contributed by atoms with Gasteiger partial charge in [0.1, 0.15) is 17.4 Å². The number of nitrogens with one attached hydrogen (secondary N) is 1. The third kappa shape index (κ3) is 3.70. The molecule has 0 aliphatic heterocycles. The fourth-order valence-electron chi connectivity index (χ4n) is 2.14. The van der Waals surface area contributed by atoms with Crippen LogP contribution in [0.2, 0.25) is 0 Å². The fraction of sp³-hybridized carbons (Fsp3) is 0.375. The Morgan fingerprint density at radius 3 is 2.70 bits per heavy atom. The number of ether oxygens (including phenoxy) is 1. The van der Waals surface area contributed by atoms with Crippen LogP contribution < -0.4 is 10.1 Å². The number of benzene rings is 1. The van der Waals surface area contributed by atoms with Crippen molar-refractivity contribution in [3.8, 4) is 5.75 Å². The van der Waals surface area contributed by atoms with E-state index in [2.05, 4.69) is 34.3 Å². The van der Waals surface area contributed by atoms with E-state index in [1.54, 1.807) is 0 Å². The Bertz CT molecular complexity index is 563. The molecule has 1 aromatic carbocycles. The van der Waals surface area contributed by atoms with Gasteiger partial charge in [0.05, 0.1) is 12.6 Å². The van der Waals surface area contributed by atoms with E-state index < -0.39 is 0 Å². The second kappa shape index (κ2) is 6.37. The molecule has 1 heterocycles. The highest BCUT2D eigenvalue weighted by Gasteiger charge is 2.08. The van der Waals surface area contributed by atoms with Gasteiger partial charge in [0.15, 0.2) is 0 Å². The molecule has 2 rings (SSSR count). The van der Waals surface area contributed by atoms with Crippen molar-refractivity contribution in [1.29, 1.82) is 0 Å². The first kappa shape index (κ1) is 14.3.